The number of nitrogens with zero attached hydrogens (tertiary/aromatic N) is 2. The third-order valence-corrected chi connectivity index (χ3v) is 4.68. The second kappa shape index (κ2) is 9.50. The molecule has 0 aliphatic heterocycles. The molecule has 0 heterocycles. The van der Waals surface area contributed by atoms with Gasteiger partial charge in [0.25, 0.3) is 0 Å². The Morgan fingerprint density at radius 2 is 1.69 bits per heavy atom. The number of carbonyl (C=O) groups excluding carboxylic acids is 2. The molecule has 0 aliphatic carbocycles. The lowest BCUT2D eigenvalue weighted by Gasteiger charge is -2.25. The Labute approximate surface area is 163 Å². The molecule has 0 atom stereocenters. The number of nitrogens with one attached hydrogen (secondary N) is 1. The maximum Gasteiger partial charge on any atom is 0.241 e. The zero-order valence-corrected chi connectivity index (χ0v) is 16.9. The Bertz CT molecular complexity index is 779. The van der Waals surface area contributed by atoms with E-state index in [0.29, 0.717) is 12.2 Å². The summed E-state index contributed by atoms with van der Waals surface area (Å²) in [6.07, 6.45) is 0. The van der Waals surface area contributed by atoms with E-state index in [2.05, 4.69) is 21.2 Å². The van der Waals surface area contributed by atoms with Crippen LogP contribution < -0.4 is 10.2 Å². The maximum absolute atomic E-state index is 12.7. The molecule has 2 amide bonds. The van der Waals surface area contributed by atoms with Gasteiger partial charge in [-0.1, -0.05) is 30.3 Å². The third kappa shape index (κ3) is 5.41. The average Bonchev–Trinajstić information content (AvgIpc) is 2.59. The van der Waals surface area contributed by atoms with Crippen LogP contribution in [0.3, 0.4) is 0 Å². The fraction of sp³-hybridized carbons (Fsp3) is 0.300. The number of halogens is 1. The van der Waals surface area contributed by atoms with Gasteiger partial charge in [-0.15, -0.1) is 0 Å². The number of benzene rings is 2. The van der Waals surface area contributed by atoms with Crippen LogP contribution in [0.4, 0.5) is 11.4 Å². The van der Waals surface area contributed by atoms with E-state index in [9.17, 15) is 9.59 Å². The van der Waals surface area contributed by atoms with Crippen molar-refractivity contribution in [2.24, 2.45) is 0 Å². The lowest BCUT2D eigenvalue weighted by Crippen LogP contribution is -2.41. The summed E-state index contributed by atoms with van der Waals surface area (Å²) in [5.74, 6) is -0.191. The van der Waals surface area contributed by atoms with Crippen molar-refractivity contribution in [2.75, 3.05) is 36.9 Å². The molecule has 0 bridgehead atoms. The van der Waals surface area contributed by atoms with E-state index in [-0.39, 0.29) is 24.9 Å². The van der Waals surface area contributed by atoms with Crippen LogP contribution in [0.5, 0.6) is 0 Å². The predicted octanol–water partition coefficient (Wildman–Crippen LogP) is 3.68. The Morgan fingerprint density at radius 3 is 2.35 bits per heavy atom. The van der Waals surface area contributed by atoms with Gasteiger partial charge in [0, 0.05) is 16.7 Å². The first-order chi connectivity index (χ1) is 12.4. The maximum atomic E-state index is 12.7. The summed E-state index contributed by atoms with van der Waals surface area (Å²) in [6, 6.07) is 15.2. The van der Waals surface area contributed by atoms with Crippen LogP contribution in [-0.2, 0) is 9.59 Å². The summed E-state index contributed by atoms with van der Waals surface area (Å²) in [5.41, 5.74) is 2.68. The van der Waals surface area contributed by atoms with E-state index in [0.717, 1.165) is 15.7 Å². The third-order valence-electron chi connectivity index (χ3n) is 3.99. The lowest BCUT2D eigenvalue weighted by atomic mass is 10.2. The Morgan fingerprint density at radius 1 is 1.04 bits per heavy atom. The summed E-state index contributed by atoms with van der Waals surface area (Å²) in [7, 11) is 1.77. The first-order valence-corrected chi connectivity index (χ1v) is 9.30. The van der Waals surface area contributed by atoms with Gasteiger partial charge in [0.05, 0.1) is 18.8 Å². The molecule has 5 nitrogen and oxygen atoms in total. The fourth-order valence-corrected chi connectivity index (χ4v) is 3.10. The van der Waals surface area contributed by atoms with Gasteiger partial charge < -0.3 is 10.2 Å². The molecule has 6 heteroatoms. The van der Waals surface area contributed by atoms with Crippen molar-refractivity contribution in [1.82, 2.24) is 4.90 Å². The van der Waals surface area contributed by atoms with Gasteiger partial charge >= 0.3 is 0 Å². The molecule has 0 aliphatic rings. The van der Waals surface area contributed by atoms with Crippen LogP contribution in [0.1, 0.15) is 12.5 Å². The molecule has 0 unspecified atom stereocenters. The Hall–Kier alpha value is -2.18. The number of carbonyl (C=O) groups is 2. The minimum atomic E-state index is -0.161. The van der Waals surface area contributed by atoms with E-state index in [4.69, 9.17) is 0 Å². The summed E-state index contributed by atoms with van der Waals surface area (Å²) < 4.78 is 0.823. The second-order valence-electron chi connectivity index (χ2n) is 6.12. The van der Waals surface area contributed by atoms with Crippen LogP contribution in [0.2, 0.25) is 0 Å². The molecule has 2 rings (SSSR count). The molecule has 0 aromatic heterocycles. The second-order valence-corrected chi connectivity index (χ2v) is 6.98. The van der Waals surface area contributed by atoms with Gasteiger partial charge in [-0.25, -0.2) is 0 Å². The van der Waals surface area contributed by atoms with Crippen molar-refractivity contribution >= 4 is 39.1 Å². The average molecular weight is 418 g/mol. The van der Waals surface area contributed by atoms with Crippen LogP contribution >= 0.6 is 15.9 Å². The van der Waals surface area contributed by atoms with E-state index in [1.165, 1.54) is 0 Å². The quantitative estimate of drug-likeness (QED) is 0.747. The van der Waals surface area contributed by atoms with E-state index >= 15 is 0 Å². The van der Waals surface area contributed by atoms with E-state index < -0.39 is 0 Å². The summed E-state index contributed by atoms with van der Waals surface area (Å²) in [4.78, 5) is 28.4. The van der Waals surface area contributed by atoms with Gasteiger partial charge in [-0.3, -0.25) is 14.5 Å². The van der Waals surface area contributed by atoms with Gasteiger partial charge in [-0.2, -0.15) is 0 Å². The van der Waals surface area contributed by atoms with Gasteiger partial charge in [-0.05, 0) is 60.6 Å². The zero-order chi connectivity index (χ0) is 19.1. The molecule has 1 N–H and O–H groups in total. The zero-order valence-electron chi connectivity index (χ0n) is 15.3. The number of hydrogen-bond acceptors (Lipinski definition) is 3. The molecular formula is C20H24BrN3O2. The smallest absolute Gasteiger partial charge is 0.241 e. The minimum absolute atomic E-state index is 0.0296. The van der Waals surface area contributed by atoms with Crippen LogP contribution in [-0.4, -0.2) is 43.4 Å². The molecule has 2 aromatic carbocycles. The van der Waals surface area contributed by atoms with Crippen molar-refractivity contribution in [3.63, 3.8) is 0 Å². The van der Waals surface area contributed by atoms with Crippen molar-refractivity contribution < 1.29 is 9.59 Å². The highest BCUT2D eigenvalue weighted by molar-refractivity contribution is 9.10. The van der Waals surface area contributed by atoms with Crippen molar-refractivity contribution in [3.8, 4) is 0 Å². The predicted molar refractivity (Wildman–Crippen MR) is 109 cm³/mol. The Kier molecular flexibility index (Phi) is 7.36. The number of likely N-dealkylation sites (N-methyl/N-ethyl adjacent to an activating group) is 2. The van der Waals surface area contributed by atoms with Gasteiger partial charge in [0.1, 0.15) is 0 Å². The van der Waals surface area contributed by atoms with Gasteiger partial charge in [0.15, 0.2) is 0 Å². The molecule has 2 aromatic rings. The van der Waals surface area contributed by atoms with Crippen molar-refractivity contribution in [1.29, 1.82) is 0 Å². The monoisotopic (exact) mass is 417 g/mol. The summed E-state index contributed by atoms with van der Waals surface area (Å²) in [5, 5.41) is 2.85. The SMILES string of the molecule is CCN(C(=O)CN(C)CC(=O)Nc1ccccc1Br)c1ccccc1C. The molecule has 26 heavy (non-hydrogen) atoms. The number of aryl methyl sites for hydroxylation is 1. The molecule has 0 saturated heterocycles. The molecule has 0 saturated carbocycles. The number of hydrogen-bond donors (Lipinski definition) is 1. The normalized spacial score (nSPS) is 10.7. The molecule has 138 valence electrons. The van der Waals surface area contributed by atoms with E-state index in [1.807, 2.05) is 62.4 Å². The minimum Gasteiger partial charge on any atom is -0.324 e. The summed E-state index contributed by atoms with van der Waals surface area (Å²) >= 11 is 3.40. The topological polar surface area (TPSA) is 52.7 Å². The Balaban J connectivity index is 1.94. The number of amides is 2. The number of rotatable bonds is 7. The first kappa shape index (κ1) is 20.1. The van der Waals surface area contributed by atoms with Crippen LogP contribution in [0.15, 0.2) is 53.0 Å². The standard InChI is InChI=1S/C20H24BrN3O2/c1-4-24(18-12-8-5-9-15(18)2)20(26)14-23(3)13-19(25)22-17-11-7-6-10-16(17)21/h5-12H,4,13-14H2,1-3H3,(H,22,25). The summed E-state index contributed by atoms with van der Waals surface area (Å²) in [6.45, 7) is 4.83. The first-order valence-electron chi connectivity index (χ1n) is 8.51. The number of para-hydroxylation sites is 2. The molecule has 0 radical (unpaired) electrons. The molecular weight excluding hydrogens is 394 g/mol. The highest BCUT2D eigenvalue weighted by Crippen LogP contribution is 2.21. The molecule has 0 fully saturated rings. The lowest BCUT2D eigenvalue weighted by molar-refractivity contribution is -0.121. The van der Waals surface area contributed by atoms with Gasteiger partial charge in [0.2, 0.25) is 11.8 Å². The van der Waals surface area contributed by atoms with Crippen molar-refractivity contribution in [2.45, 2.75) is 13.8 Å². The molecule has 0 spiro atoms. The largest absolute Gasteiger partial charge is 0.324 e. The highest BCUT2D eigenvalue weighted by Gasteiger charge is 2.18. The van der Waals surface area contributed by atoms with Crippen LogP contribution in [0, 0.1) is 6.92 Å². The fourth-order valence-electron chi connectivity index (χ4n) is 2.72. The highest BCUT2D eigenvalue weighted by atomic mass is 79.9. The van der Waals surface area contributed by atoms with E-state index in [1.54, 1.807) is 16.8 Å². The number of anilines is 2. The van der Waals surface area contributed by atoms with Crippen molar-refractivity contribution in [3.05, 3.63) is 58.6 Å². The van der Waals surface area contributed by atoms with Crippen LogP contribution in [0.25, 0.3) is 0 Å².